The summed E-state index contributed by atoms with van der Waals surface area (Å²) in [6.07, 6.45) is 9.51. The molecule has 10 heteroatoms. The quantitative estimate of drug-likeness (QED) is 0.521. The second kappa shape index (κ2) is 7.88. The minimum Gasteiger partial charge on any atom is -0.473 e. The molecule has 0 spiro atoms. The molecule has 0 radical (unpaired) electrons. The van der Waals surface area contributed by atoms with E-state index in [9.17, 15) is 9.18 Å². The lowest BCUT2D eigenvalue weighted by atomic mass is 10.1. The number of aromatic nitrogens is 5. The Balaban J connectivity index is 1.46. The summed E-state index contributed by atoms with van der Waals surface area (Å²) in [7, 11) is 0. The first-order chi connectivity index (χ1) is 15.1. The minimum atomic E-state index is -0.528. The highest BCUT2D eigenvalue weighted by atomic mass is 19.1. The van der Waals surface area contributed by atoms with E-state index < -0.39 is 11.7 Å². The fourth-order valence-electron chi connectivity index (χ4n) is 3.71. The average Bonchev–Trinajstić information content (AvgIpc) is 3.15. The maximum Gasteiger partial charge on any atom is 0.259 e. The highest BCUT2D eigenvalue weighted by molar-refractivity contribution is 6.11. The number of piperidine rings is 1. The van der Waals surface area contributed by atoms with Crippen LogP contribution < -0.4 is 15.4 Å². The first-order valence-electron chi connectivity index (χ1n) is 10.0. The number of rotatable bonds is 4. The third-order valence-electron chi connectivity index (χ3n) is 5.16. The largest absolute Gasteiger partial charge is 0.473 e. The SMILES string of the molecule is Cc1cn2cc(NC(=O)c3cnc(OC4CCNCC4)c4nccnc34)cc(F)c2n1. The Kier molecular flexibility index (Phi) is 4.91. The van der Waals surface area contributed by atoms with Crippen molar-refractivity contribution < 1.29 is 13.9 Å². The Bertz CT molecular complexity index is 1280. The van der Waals surface area contributed by atoms with Crippen LogP contribution in [0, 0.1) is 12.7 Å². The number of fused-ring (bicyclic) bond motifs is 2. The lowest BCUT2D eigenvalue weighted by Gasteiger charge is -2.23. The Morgan fingerprint density at radius 1 is 1.19 bits per heavy atom. The summed E-state index contributed by atoms with van der Waals surface area (Å²) in [6, 6.07) is 1.23. The predicted molar refractivity (Wildman–Crippen MR) is 112 cm³/mol. The van der Waals surface area contributed by atoms with Gasteiger partial charge in [0.25, 0.3) is 5.91 Å². The van der Waals surface area contributed by atoms with Crippen LogP contribution in [-0.2, 0) is 0 Å². The standard InChI is InChI=1S/C21H20FN7O2/c1-12-10-29-11-13(8-16(22)19(29)27-12)28-20(30)15-9-26-21(18-17(15)24-6-7-25-18)31-14-2-4-23-5-3-14/h6-11,14,23H,2-5H2,1H3,(H,28,30). The number of halogens is 1. The molecular formula is C21H20FN7O2. The molecule has 1 fully saturated rings. The van der Waals surface area contributed by atoms with Crippen LogP contribution in [0.3, 0.4) is 0 Å². The summed E-state index contributed by atoms with van der Waals surface area (Å²) < 4.78 is 21.9. The van der Waals surface area contributed by atoms with Crippen molar-refractivity contribution in [2.45, 2.75) is 25.9 Å². The maximum absolute atomic E-state index is 14.4. The fraction of sp³-hybridized carbons (Fsp3) is 0.286. The Morgan fingerprint density at radius 3 is 2.77 bits per heavy atom. The number of ether oxygens (including phenoxy) is 1. The number of carbonyl (C=O) groups excluding carboxylic acids is 1. The monoisotopic (exact) mass is 421 g/mol. The van der Waals surface area contributed by atoms with E-state index in [0.717, 1.165) is 25.9 Å². The molecule has 1 aliphatic heterocycles. The van der Waals surface area contributed by atoms with Crippen LogP contribution >= 0.6 is 0 Å². The molecule has 0 aromatic carbocycles. The van der Waals surface area contributed by atoms with E-state index in [0.29, 0.717) is 28.3 Å². The van der Waals surface area contributed by atoms with Crippen molar-refractivity contribution in [2.75, 3.05) is 18.4 Å². The molecular weight excluding hydrogens is 401 g/mol. The first kappa shape index (κ1) is 19.3. The molecule has 1 amide bonds. The van der Waals surface area contributed by atoms with Gasteiger partial charge in [0, 0.05) is 37.1 Å². The normalized spacial score (nSPS) is 14.8. The number of nitrogens with one attached hydrogen (secondary N) is 2. The number of amides is 1. The summed E-state index contributed by atoms with van der Waals surface area (Å²) >= 11 is 0. The average molecular weight is 421 g/mol. The number of hydrogen-bond acceptors (Lipinski definition) is 7. The predicted octanol–water partition coefficient (Wildman–Crippen LogP) is 2.50. The van der Waals surface area contributed by atoms with Crippen molar-refractivity contribution >= 4 is 28.3 Å². The van der Waals surface area contributed by atoms with Gasteiger partial charge in [-0.3, -0.25) is 9.78 Å². The molecule has 0 atom stereocenters. The minimum absolute atomic E-state index is 0.0342. The van der Waals surface area contributed by atoms with Gasteiger partial charge in [-0.15, -0.1) is 0 Å². The van der Waals surface area contributed by atoms with E-state index in [1.54, 1.807) is 19.3 Å². The van der Waals surface area contributed by atoms with Crippen LogP contribution in [0.5, 0.6) is 5.88 Å². The lowest BCUT2D eigenvalue weighted by Crippen LogP contribution is -2.34. The second-order valence-corrected chi connectivity index (χ2v) is 7.44. The van der Waals surface area contributed by atoms with Crippen molar-refractivity contribution in [2.24, 2.45) is 0 Å². The van der Waals surface area contributed by atoms with Crippen LogP contribution in [0.15, 0.2) is 37.1 Å². The third kappa shape index (κ3) is 3.77. The van der Waals surface area contributed by atoms with Crippen LogP contribution in [0.4, 0.5) is 10.1 Å². The number of anilines is 1. The Hall–Kier alpha value is -3.66. The van der Waals surface area contributed by atoms with E-state index in [2.05, 4.69) is 30.6 Å². The molecule has 2 N–H and O–H groups in total. The number of pyridine rings is 2. The molecule has 4 aromatic rings. The van der Waals surface area contributed by atoms with Crippen molar-refractivity contribution in [1.29, 1.82) is 0 Å². The van der Waals surface area contributed by atoms with Crippen LogP contribution in [0.2, 0.25) is 0 Å². The highest BCUT2D eigenvalue weighted by Gasteiger charge is 2.21. The van der Waals surface area contributed by atoms with Crippen molar-refractivity contribution in [3.05, 3.63) is 54.1 Å². The smallest absolute Gasteiger partial charge is 0.259 e. The first-order valence-corrected chi connectivity index (χ1v) is 10.0. The molecule has 5 rings (SSSR count). The van der Waals surface area contributed by atoms with E-state index in [-0.39, 0.29) is 17.3 Å². The highest BCUT2D eigenvalue weighted by Crippen LogP contribution is 2.26. The fourth-order valence-corrected chi connectivity index (χ4v) is 3.71. The summed E-state index contributed by atoms with van der Waals surface area (Å²) in [5.41, 5.74) is 2.19. The van der Waals surface area contributed by atoms with Crippen LogP contribution in [0.25, 0.3) is 16.7 Å². The second-order valence-electron chi connectivity index (χ2n) is 7.44. The van der Waals surface area contributed by atoms with Crippen molar-refractivity contribution in [3.8, 4) is 5.88 Å². The Labute approximate surface area is 176 Å². The number of imidazole rings is 1. The molecule has 1 aliphatic rings. The lowest BCUT2D eigenvalue weighted by molar-refractivity contribution is 0.102. The zero-order chi connectivity index (χ0) is 21.4. The number of carbonyl (C=O) groups is 1. The van der Waals surface area contributed by atoms with Gasteiger partial charge in [-0.05, 0) is 32.9 Å². The third-order valence-corrected chi connectivity index (χ3v) is 5.16. The zero-order valence-electron chi connectivity index (χ0n) is 16.8. The molecule has 0 bridgehead atoms. The number of aryl methyl sites for hydroxylation is 1. The van der Waals surface area contributed by atoms with Gasteiger partial charge < -0.3 is 19.8 Å². The summed E-state index contributed by atoms with van der Waals surface area (Å²) in [6.45, 7) is 3.53. The maximum atomic E-state index is 14.4. The van der Waals surface area contributed by atoms with E-state index in [1.807, 2.05) is 0 Å². The molecule has 0 unspecified atom stereocenters. The van der Waals surface area contributed by atoms with Gasteiger partial charge in [-0.2, -0.15) is 0 Å². The van der Waals surface area contributed by atoms with Crippen LogP contribution in [0.1, 0.15) is 28.9 Å². The van der Waals surface area contributed by atoms with E-state index in [1.165, 1.54) is 29.1 Å². The summed E-state index contributed by atoms with van der Waals surface area (Å²) in [5.74, 6) is -0.644. The van der Waals surface area contributed by atoms with Gasteiger partial charge in [0.2, 0.25) is 5.88 Å². The van der Waals surface area contributed by atoms with E-state index >= 15 is 0 Å². The molecule has 158 valence electrons. The van der Waals surface area contributed by atoms with Crippen molar-refractivity contribution in [3.63, 3.8) is 0 Å². The topological polar surface area (TPSA) is 106 Å². The van der Waals surface area contributed by atoms with E-state index in [4.69, 9.17) is 4.74 Å². The molecule has 1 saturated heterocycles. The van der Waals surface area contributed by atoms with Gasteiger partial charge in [-0.25, -0.2) is 19.3 Å². The summed E-state index contributed by atoms with van der Waals surface area (Å²) in [4.78, 5) is 30.1. The van der Waals surface area contributed by atoms with Crippen LogP contribution in [-0.4, -0.2) is 49.4 Å². The number of hydrogen-bond donors (Lipinski definition) is 2. The van der Waals surface area contributed by atoms with Gasteiger partial charge in [-0.1, -0.05) is 0 Å². The number of nitrogens with zero attached hydrogens (tertiary/aromatic N) is 5. The van der Waals surface area contributed by atoms with Gasteiger partial charge in [0.05, 0.1) is 16.9 Å². The summed E-state index contributed by atoms with van der Waals surface area (Å²) in [5, 5.41) is 6.00. The molecule has 0 saturated carbocycles. The van der Waals surface area contributed by atoms with Gasteiger partial charge in [0.1, 0.15) is 11.6 Å². The van der Waals surface area contributed by atoms with Gasteiger partial charge in [0.15, 0.2) is 17.0 Å². The zero-order valence-corrected chi connectivity index (χ0v) is 16.8. The molecule has 0 aliphatic carbocycles. The van der Waals surface area contributed by atoms with Crippen molar-refractivity contribution in [1.82, 2.24) is 29.7 Å². The molecule has 5 heterocycles. The molecule has 31 heavy (non-hydrogen) atoms. The molecule has 9 nitrogen and oxygen atoms in total. The Morgan fingerprint density at radius 2 is 1.97 bits per heavy atom. The van der Waals surface area contributed by atoms with Gasteiger partial charge >= 0.3 is 0 Å². The molecule has 4 aromatic heterocycles.